The van der Waals surface area contributed by atoms with E-state index in [-0.39, 0.29) is 0 Å². The highest BCUT2D eigenvalue weighted by atomic mass is 35.5. The number of piperidine rings is 1. The zero-order valence-corrected chi connectivity index (χ0v) is 13.4. The molecule has 2 aromatic rings. The van der Waals surface area contributed by atoms with Crippen molar-refractivity contribution in [1.29, 1.82) is 0 Å². The van der Waals surface area contributed by atoms with Gasteiger partial charge in [-0.05, 0) is 30.9 Å². The standard InChI is InChI=1S/C16H18ClN3S/c17-14-7-3-2-6-13(14)11-21-16-10-15(18-12-19-16)20-8-4-1-5-9-20/h2-3,6-7,10,12H,1,4-5,8-9,11H2. The van der Waals surface area contributed by atoms with E-state index in [4.69, 9.17) is 11.6 Å². The minimum atomic E-state index is 0.815. The lowest BCUT2D eigenvalue weighted by Gasteiger charge is -2.27. The Morgan fingerprint density at radius 1 is 1.10 bits per heavy atom. The lowest BCUT2D eigenvalue weighted by molar-refractivity contribution is 0.572. The molecule has 5 heteroatoms. The summed E-state index contributed by atoms with van der Waals surface area (Å²) in [6.45, 7) is 2.21. The molecule has 2 heterocycles. The molecule has 21 heavy (non-hydrogen) atoms. The topological polar surface area (TPSA) is 29.0 Å². The lowest BCUT2D eigenvalue weighted by Crippen LogP contribution is -2.30. The Labute approximate surface area is 134 Å². The van der Waals surface area contributed by atoms with Crippen molar-refractivity contribution in [2.24, 2.45) is 0 Å². The van der Waals surface area contributed by atoms with Gasteiger partial charge in [-0.3, -0.25) is 0 Å². The highest BCUT2D eigenvalue weighted by molar-refractivity contribution is 7.98. The fraction of sp³-hybridized carbons (Fsp3) is 0.375. The van der Waals surface area contributed by atoms with E-state index in [0.29, 0.717) is 0 Å². The summed E-state index contributed by atoms with van der Waals surface area (Å²) < 4.78 is 0. The summed E-state index contributed by atoms with van der Waals surface area (Å²) in [5.41, 5.74) is 1.14. The third-order valence-corrected chi connectivity index (χ3v) is 4.98. The number of aromatic nitrogens is 2. The molecule has 0 spiro atoms. The molecule has 0 amide bonds. The SMILES string of the molecule is Clc1ccccc1CSc1cc(N2CCCCC2)ncn1. The molecule has 1 saturated heterocycles. The Morgan fingerprint density at radius 3 is 2.71 bits per heavy atom. The Hall–Kier alpha value is -1.26. The van der Waals surface area contributed by atoms with Crippen LogP contribution in [0.25, 0.3) is 0 Å². The second-order valence-electron chi connectivity index (χ2n) is 5.14. The average molecular weight is 320 g/mol. The third kappa shape index (κ3) is 3.89. The van der Waals surface area contributed by atoms with E-state index >= 15 is 0 Å². The van der Waals surface area contributed by atoms with Gasteiger partial charge in [0, 0.05) is 29.9 Å². The number of rotatable bonds is 4. The predicted octanol–water partition coefficient (Wildman–Crippen LogP) is 4.41. The van der Waals surface area contributed by atoms with Crippen LogP contribution in [0.5, 0.6) is 0 Å². The molecule has 0 unspecified atom stereocenters. The van der Waals surface area contributed by atoms with Crippen molar-refractivity contribution in [1.82, 2.24) is 9.97 Å². The van der Waals surface area contributed by atoms with Gasteiger partial charge >= 0.3 is 0 Å². The highest BCUT2D eigenvalue weighted by Gasteiger charge is 2.13. The summed E-state index contributed by atoms with van der Waals surface area (Å²) in [6.07, 6.45) is 5.51. The van der Waals surface area contributed by atoms with E-state index in [1.807, 2.05) is 18.2 Å². The molecule has 0 aliphatic carbocycles. The van der Waals surface area contributed by atoms with Gasteiger partial charge in [0.1, 0.15) is 17.2 Å². The molecule has 1 aliphatic heterocycles. The van der Waals surface area contributed by atoms with Crippen molar-refractivity contribution >= 4 is 29.2 Å². The Morgan fingerprint density at radius 2 is 1.90 bits per heavy atom. The van der Waals surface area contributed by atoms with Crippen LogP contribution in [0.1, 0.15) is 24.8 Å². The maximum atomic E-state index is 6.19. The van der Waals surface area contributed by atoms with E-state index in [1.54, 1.807) is 18.1 Å². The van der Waals surface area contributed by atoms with Gasteiger partial charge < -0.3 is 4.90 Å². The Kier molecular flexibility index (Phi) is 4.99. The first-order chi connectivity index (χ1) is 10.3. The third-order valence-electron chi connectivity index (χ3n) is 3.64. The van der Waals surface area contributed by atoms with Gasteiger partial charge in [0.25, 0.3) is 0 Å². The largest absolute Gasteiger partial charge is 0.356 e. The van der Waals surface area contributed by atoms with Gasteiger partial charge in [-0.1, -0.05) is 29.8 Å². The molecule has 0 radical (unpaired) electrons. The second-order valence-corrected chi connectivity index (χ2v) is 6.55. The smallest absolute Gasteiger partial charge is 0.133 e. The molecule has 0 atom stereocenters. The summed E-state index contributed by atoms with van der Waals surface area (Å²) in [5.74, 6) is 1.88. The van der Waals surface area contributed by atoms with Crippen LogP contribution in [-0.4, -0.2) is 23.1 Å². The molecule has 1 fully saturated rings. The van der Waals surface area contributed by atoms with Gasteiger partial charge in [0.05, 0.1) is 0 Å². The first-order valence-corrected chi connectivity index (χ1v) is 8.62. The van der Waals surface area contributed by atoms with Crippen LogP contribution >= 0.6 is 23.4 Å². The molecule has 110 valence electrons. The van der Waals surface area contributed by atoms with Crippen molar-refractivity contribution in [2.75, 3.05) is 18.0 Å². The summed E-state index contributed by atoms with van der Waals surface area (Å²) >= 11 is 7.89. The van der Waals surface area contributed by atoms with E-state index in [2.05, 4.69) is 27.0 Å². The first kappa shape index (κ1) is 14.7. The zero-order chi connectivity index (χ0) is 14.5. The molecule has 1 aliphatic rings. The van der Waals surface area contributed by atoms with Gasteiger partial charge in [0.2, 0.25) is 0 Å². The van der Waals surface area contributed by atoms with Gasteiger partial charge in [-0.2, -0.15) is 0 Å². The summed E-state index contributed by atoms with van der Waals surface area (Å²) in [4.78, 5) is 11.1. The van der Waals surface area contributed by atoms with Crippen LogP contribution in [0.3, 0.4) is 0 Å². The maximum absolute atomic E-state index is 6.19. The molecular weight excluding hydrogens is 302 g/mol. The quantitative estimate of drug-likeness (QED) is 0.616. The molecule has 1 aromatic carbocycles. The van der Waals surface area contributed by atoms with Crippen molar-refractivity contribution in [3.63, 3.8) is 0 Å². The van der Waals surface area contributed by atoms with Crippen LogP contribution in [-0.2, 0) is 5.75 Å². The van der Waals surface area contributed by atoms with Gasteiger partial charge in [-0.15, -0.1) is 11.8 Å². The average Bonchev–Trinajstić information content (AvgIpc) is 2.55. The molecule has 0 saturated carbocycles. The number of thioether (sulfide) groups is 1. The summed E-state index contributed by atoms with van der Waals surface area (Å²) in [5, 5.41) is 1.82. The maximum Gasteiger partial charge on any atom is 0.133 e. The van der Waals surface area contributed by atoms with E-state index in [1.165, 1.54) is 19.3 Å². The summed E-state index contributed by atoms with van der Waals surface area (Å²) in [7, 11) is 0. The van der Waals surface area contributed by atoms with Gasteiger partial charge in [-0.25, -0.2) is 9.97 Å². The van der Waals surface area contributed by atoms with Gasteiger partial charge in [0.15, 0.2) is 0 Å². The van der Waals surface area contributed by atoms with Crippen LogP contribution in [0.15, 0.2) is 41.7 Å². The molecule has 1 aromatic heterocycles. The molecule has 0 N–H and O–H groups in total. The highest BCUT2D eigenvalue weighted by Crippen LogP contribution is 2.27. The zero-order valence-electron chi connectivity index (χ0n) is 11.8. The van der Waals surface area contributed by atoms with Crippen molar-refractivity contribution in [2.45, 2.75) is 30.0 Å². The summed E-state index contributed by atoms with van der Waals surface area (Å²) in [6, 6.07) is 10.0. The minimum absolute atomic E-state index is 0.815. The predicted molar refractivity (Wildman–Crippen MR) is 89.1 cm³/mol. The van der Waals surface area contributed by atoms with Crippen LogP contribution in [0.4, 0.5) is 5.82 Å². The van der Waals surface area contributed by atoms with E-state index < -0.39 is 0 Å². The van der Waals surface area contributed by atoms with Crippen molar-refractivity contribution < 1.29 is 0 Å². The van der Waals surface area contributed by atoms with Crippen molar-refractivity contribution in [3.8, 4) is 0 Å². The fourth-order valence-electron chi connectivity index (χ4n) is 2.47. The first-order valence-electron chi connectivity index (χ1n) is 7.26. The van der Waals surface area contributed by atoms with E-state index in [0.717, 1.165) is 40.3 Å². The number of nitrogens with zero attached hydrogens (tertiary/aromatic N) is 3. The van der Waals surface area contributed by atoms with E-state index in [9.17, 15) is 0 Å². The normalized spacial score (nSPS) is 15.2. The fourth-order valence-corrected chi connectivity index (χ4v) is 3.62. The molecule has 0 bridgehead atoms. The number of anilines is 1. The van der Waals surface area contributed by atoms with Crippen LogP contribution < -0.4 is 4.90 Å². The van der Waals surface area contributed by atoms with Crippen LogP contribution in [0, 0.1) is 0 Å². The minimum Gasteiger partial charge on any atom is -0.356 e. The lowest BCUT2D eigenvalue weighted by atomic mass is 10.1. The Bertz CT molecular complexity index is 600. The number of halogens is 1. The number of benzene rings is 1. The molecule has 3 nitrogen and oxygen atoms in total. The molecule has 3 rings (SSSR count). The monoisotopic (exact) mass is 319 g/mol. The second kappa shape index (κ2) is 7.14. The number of hydrogen-bond acceptors (Lipinski definition) is 4. The van der Waals surface area contributed by atoms with Crippen molar-refractivity contribution in [3.05, 3.63) is 47.2 Å². The molecular formula is C16H18ClN3S. The Balaban J connectivity index is 1.67. The number of hydrogen-bond donors (Lipinski definition) is 0. The van der Waals surface area contributed by atoms with Crippen LogP contribution in [0.2, 0.25) is 5.02 Å².